The standard InChI is InChI=1S/C24H25FN2O9/c25-12-8-13(27-4-2-1-3-15(29)30)19(31)17-11(12)6-9-5-10-7-14(28)18(23(26)35)22(34)24(10,36)21(33)16(9)20(17)32/h8-10,27,31-32,34,36H,1-7H2,(H2,26,35)(H,29,30)/t9?,10-,24-/m0/s1. The number of carboxylic acids is 1. The van der Waals surface area contributed by atoms with Gasteiger partial charge in [0.15, 0.2) is 11.4 Å². The molecule has 0 saturated heterocycles. The number of carbonyl (C=O) groups excluding carboxylic acids is 3. The van der Waals surface area contributed by atoms with E-state index in [1.54, 1.807) is 0 Å². The highest BCUT2D eigenvalue weighted by Gasteiger charge is 2.60. The largest absolute Gasteiger partial charge is 0.508 e. The molecule has 4 rings (SSSR count). The van der Waals surface area contributed by atoms with Crippen LogP contribution >= 0.6 is 0 Å². The summed E-state index contributed by atoms with van der Waals surface area (Å²) in [6.45, 7) is 0.196. The summed E-state index contributed by atoms with van der Waals surface area (Å²) in [6.07, 6.45) is 0.00421. The number of phenolic OH excluding ortho intramolecular Hbond substituents is 1. The van der Waals surface area contributed by atoms with Crippen molar-refractivity contribution in [2.24, 2.45) is 17.6 Å². The average Bonchev–Trinajstić information content (AvgIpc) is 2.78. The second-order valence-corrected chi connectivity index (χ2v) is 9.29. The predicted molar refractivity (Wildman–Crippen MR) is 121 cm³/mol. The molecule has 1 fully saturated rings. The number of nitrogens with two attached hydrogens (primary N) is 1. The number of benzene rings is 1. The molecule has 1 aromatic carbocycles. The third kappa shape index (κ3) is 3.77. The third-order valence-corrected chi connectivity index (χ3v) is 7.14. The Morgan fingerprint density at radius 3 is 2.50 bits per heavy atom. The zero-order chi connectivity index (χ0) is 26.5. The Hall–Kier alpha value is -3.93. The number of nitrogens with one attached hydrogen (secondary N) is 1. The molecule has 0 radical (unpaired) electrons. The molecule has 8 N–H and O–H groups in total. The molecule has 0 heterocycles. The molecule has 3 aliphatic carbocycles. The predicted octanol–water partition coefficient (Wildman–Crippen LogP) is 1.23. The summed E-state index contributed by atoms with van der Waals surface area (Å²) in [5, 5.41) is 55.0. The van der Waals surface area contributed by atoms with Crippen molar-refractivity contribution in [2.45, 2.75) is 44.1 Å². The molecular weight excluding hydrogens is 479 g/mol. The molecule has 3 atom stereocenters. The number of anilines is 1. The number of hydrogen-bond acceptors (Lipinski definition) is 9. The lowest BCUT2D eigenvalue weighted by Gasteiger charge is -2.46. The van der Waals surface area contributed by atoms with Gasteiger partial charge in [-0.1, -0.05) is 0 Å². The van der Waals surface area contributed by atoms with Crippen molar-refractivity contribution >= 4 is 34.9 Å². The van der Waals surface area contributed by atoms with Gasteiger partial charge in [0, 0.05) is 42.5 Å². The first kappa shape index (κ1) is 25.2. The molecule has 1 aromatic rings. The fourth-order valence-electron chi connectivity index (χ4n) is 5.40. The Morgan fingerprint density at radius 1 is 1.17 bits per heavy atom. The van der Waals surface area contributed by atoms with Gasteiger partial charge in [-0.2, -0.15) is 0 Å². The molecule has 12 heteroatoms. The minimum Gasteiger partial charge on any atom is -0.508 e. The van der Waals surface area contributed by atoms with Crippen LogP contribution in [0.15, 0.2) is 23.0 Å². The topological polar surface area (TPSA) is 207 Å². The maximum absolute atomic E-state index is 15.0. The van der Waals surface area contributed by atoms with Crippen LogP contribution < -0.4 is 11.1 Å². The fourth-order valence-corrected chi connectivity index (χ4v) is 5.40. The third-order valence-electron chi connectivity index (χ3n) is 7.14. The molecule has 192 valence electrons. The first-order chi connectivity index (χ1) is 16.9. The maximum atomic E-state index is 15.0. The number of aliphatic carboxylic acids is 1. The lowest BCUT2D eigenvalue weighted by Crippen LogP contribution is -2.58. The Bertz CT molecular complexity index is 1270. The Kier molecular flexibility index (Phi) is 6.25. The smallest absolute Gasteiger partial charge is 0.303 e. The number of ketones is 2. The number of primary amides is 1. The summed E-state index contributed by atoms with van der Waals surface area (Å²) in [5.74, 6) is -9.52. The molecule has 1 unspecified atom stereocenters. The zero-order valence-electron chi connectivity index (χ0n) is 19.0. The summed E-state index contributed by atoms with van der Waals surface area (Å²) < 4.78 is 15.0. The number of unbranched alkanes of at least 4 members (excludes halogenated alkanes) is 1. The van der Waals surface area contributed by atoms with Gasteiger partial charge in [-0.05, 0) is 31.6 Å². The number of carboxylic acid groups (broad SMARTS) is 1. The molecule has 1 amide bonds. The molecule has 0 bridgehead atoms. The summed E-state index contributed by atoms with van der Waals surface area (Å²) in [5.41, 5.74) is 0.707. The first-order valence-electron chi connectivity index (χ1n) is 11.4. The number of aliphatic hydroxyl groups excluding tert-OH is 2. The van der Waals surface area contributed by atoms with Crippen LogP contribution in [0.25, 0.3) is 5.76 Å². The van der Waals surface area contributed by atoms with E-state index in [4.69, 9.17) is 10.8 Å². The van der Waals surface area contributed by atoms with Gasteiger partial charge < -0.3 is 36.6 Å². The van der Waals surface area contributed by atoms with Crippen molar-refractivity contribution in [3.63, 3.8) is 0 Å². The maximum Gasteiger partial charge on any atom is 0.303 e. The molecular formula is C24H25FN2O9. The van der Waals surface area contributed by atoms with Crippen LogP contribution in [0.3, 0.4) is 0 Å². The lowest BCUT2D eigenvalue weighted by molar-refractivity contribution is -0.147. The number of phenols is 1. The van der Waals surface area contributed by atoms with Crippen molar-refractivity contribution in [1.82, 2.24) is 0 Å². The molecule has 0 aromatic heterocycles. The summed E-state index contributed by atoms with van der Waals surface area (Å²) >= 11 is 0. The van der Waals surface area contributed by atoms with E-state index in [0.29, 0.717) is 12.8 Å². The lowest BCUT2D eigenvalue weighted by atomic mass is 9.59. The summed E-state index contributed by atoms with van der Waals surface area (Å²) in [4.78, 5) is 48.1. The molecule has 1 saturated carbocycles. The van der Waals surface area contributed by atoms with E-state index < -0.39 is 76.0 Å². The van der Waals surface area contributed by atoms with Crippen molar-refractivity contribution in [3.8, 4) is 5.75 Å². The number of carbonyl (C=O) groups is 4. The van der Waals surface area contributed by atoms with E-state index >= 15 is 4.39 Å². The van der Waals surface area contributed by atoms with Crippen LogP contribution in [-0.4, -0.2) is 61.1 Å². The minimum absolute atomic E-state index is 0.0587. The summed E-state index contributed by atoms with van der Waals surface area (Å²) in [6, 6.07) is 1.03. The van der Waals surface area contributed by atoms with Crippen LogP contribution in [0.1, 0.15) is 43.2 Å². The number of hydrogen-bond donors (Lipinski definition) is 7. The first-order valence-corrected chi connectivity index (χ1v) is 11.4. The van der Waals surface area contributed by atoms with Gasteiger partial charge >= 0.3 is 5.97 Å². The zero-order valence-corrected chi connectivity index (χ0v) is 19.0. The van der Waals surface area contributed by atoms with Crippen LogP contribution in [0.4, 0.5) is 10.1 Å². The second-order valence-electron chi connectivity index (χ2n) is 9.29. The Labute approximate surface area is 203 Å². The van der Waals surface area contributed by atoms with Gasteiger partial charge in [0.1, 0.15) is 28.7 Å². The molecule has 3 aliphatic rings. The van der Waals surface area contributed by atoms with E-state index in [1.165, 1.54) is 0 Å². The van der Waals surface area contributed by atoms with E-state index in [9.17, 15) is 39.6 Å². The van der Waals surface area contributed by atoms with Crippen LogP contribution in [0.5, 0.6) is 5.75 Å². The molecule has 0 aliphatic heterocycles. The fraction of sp³-hybridized carbons (Fsp3) is 0.417. The quantitative estimate of drug-likeness (QED) is 0.160. The number of aliphatic hydroxyl groups is 3. The number of aromatic hydroxyl groups is 1. The number of fused-ring (bicyclic) bond motifs is 3. The Morgan fingerprint density at radius 2 is 1.86 bits per heavy atom. The van der Waals surface area contributed by atoms with E-state index in [0.717, 1.165) is 6.07 Å². The Balaban J connectivity index is 1.74. The number of halogens is 1. The van der Waals surface area contributed by atoms with E-state index in [-0.39, 0.29) is 48.2 Å². The van der Waals surface area contributed by atoms with Crippen molar-refractivity contribution < 1.29 is 49.1 Å². The van der Waals surface area contributed by atoms with Gasteiger partial charge in [0.2, 0.25) is 5.78 Å². The average molecular weight is 504 g/mol. The molecule has 11 nitrogen and oxygen atoms in total. The molecule has 36 heavy (non-hydrogen) atoms. The SMILES string of the molecule is NC(=O)C1=C(O)[C@@]2(O)C(=O)C3=C(O)c4c(O)c(NCCCCC(=O)O)cc(F)c4CC3C[C@H]2CC1=O. The highest BCUT2D eigenvalue weighted by molar-refractivity contribution is 6.22. The number of Topliss-reactive ketones (excluding diaryl/α,β-unsaturated/α-hetero) is 2. The summed E-state index contributed by atoms with van der Waals surface area (Å²) in [7, 11) is 0. The van der Waals surface area contributed by atoms with Gasteiger partial charge in [0.25, 0.3) is 5.91 Å². The monoisotopic (exact) mass is 504 g/mol. The van der Waals surface area contributed by atoms with Gasteiger partial charge in [-0.3, -0.25) is 19.2 Å². The van der Waals surface area contributed by atoms with Gasteiger partial charge in [0.05, 0.1) is 11.3 Å². The van der Waals surface area contributed by atoms with Gasteiger partial charge in [-0.15, -0.1) is 0 Å². The van der Waals surface area contributed by atoms with Crippen LogP contribution in [0.2, 0.25) is 0 Å². The normalized spacial score (nSPS) is 25.3. The number of rotatable bonds is 7. The van der Waals surface area contributed by atoms with E-state index in [1.807, 2.05) is 0 Å². The van der Waals surface area contributed by atoms with Crippen molar-refractivity contribution in [3.05, 3.63) is 39.9 Å². The van der Waals surface area contributed by atoms with E-state index in [2.05, 4.69) is 5.32 Å². The number of amides is 1. The van der Waals surface area contributed by atoms with Crippen molar-refractivity contribution in [1.29, 1.82) is 0 Å². The molecule has 0 spiro atoms. The van der Waals surface area contributed by atoms with Gasteiger partial charge in [-0.25, -0.2) is 4.39 Å². The van der Waals surface area contributed by atoms with Crippen molar-refractivity contribution in [2.75, 3.05) is 11.9 Å². The minimum atomic E-state index is -2.69. The highest BCUT2D eigenvalue weighted by Crippen LogP contribution is 2.53. The van der Waals surface area contributed by atoms with Crippen LogP contribution in [-0.2, 0) is 25.6 Å². The van der Waals surface area contributed by atoms with Crippen LogP contribution in [0, 0.1) is 17.7 Å². The second kappa shape index (κ2) is 8.94. The highest BCUT2D eigenvalue weighted by atomic mass is 19.1.